The van der Waals surface area contributed by atoms with E-state index in [1.54, 1.807) is 6.92 Å². The molecule has 2 N–H and O–H groups in total. The standard InChI is InChI=1S/C12H17NO5/c1-6(2)4-11-8-12(16,9(15)13-11)7(14)5-10(3,17-8)18-11/h6,8,16H,4-5H2,1-3H3,(H,13,15)/t8?,10-,11?,12-/m0/s1. The molecule has 4 atom stereocenters. The molecule has 6 heteroatoms. The Morgan fingerprint density at radius 1 is 1.50 bits per heavy atom. The van der Waals surface area contributed by atoms with Crippen molar-refractivity contribution in [3.8, 4) is 0 Å². The maximum absolute atomic E-state index is 12.0. The molecular formula is C12H17NO5. The Morgan fingerprint density at radius 3 is 2.78 bits per heavy atom. The predicted octanol–water partition coefficient (Wildman–Crippen LogP) is -0.306. The molecular weight excluding hydrogens is 238 g/mol. The first kappa shape index (κ1) is 12.1. The number of fused-ring (bicyclic) bond motifs is 1. The van der Waals surface area contributed by atoms with E-state index in [4.69, 9.17) is 9.47 Å². The van der Waals surface area contributed by atoms with Gasteiger partial charge in [-0.2, -0.15) is 0 Å². The Balaban J connectivity index is 2.09. The Morgan fingerprint density at radius 2 is 2.17 bits per heavy atom. The van der Waals surface area contributed by atoms with E-state index in [2.05, 4.69) is 5.32 Å². The molecule has 0 radical (unpaired) electrons. The van der Waals surface area contributed by atoms with Crippen LogP contribution in [0.1, 0.15) is 33.6 Å². The number of nitrogens with one attached hydrogen (secondary N) is 1. The van der Waals surface area contributed by atoms with Crippen molar-refractivity contribution in [1.82, 2.24) is 5.32 Å². The molecule has 0 aliphatic carbocycles. The van der Waals surface area contributed by atoms with Gasteiger partial charge >= 0.3 is 0 Å². The zero-order valence-electron chi connectivity index (χ0n) is 10.6. The molecule has 0 aromatic rings. The van der Waals surface area contributed by atoms with Crippen LogP contribution in [0.2, 0.25) is 0 Å². The number of amides is 1. The summed E-state index contributed by atoms with van der Waals surface area (Å²) in [5.41, 5.74) is -3.17. The lowest BCUT2D eigenvalue weighted by Crippen LogP contribution is -2.59. The SMILES string of the molecule is CC(C)CC12NC(=O)[C@]3(O)C(=O)C[C@@](C)(OC13)O2. The van der Waals surface area contributed by atoms with Crippen LogP contribution < -0.4 is 5.32 Å². The summed E-state index contributed by atoms with van der Waals surface area (Å²) >= 11 is 0. The van der Waals surface area contributed by atoms with Crippen LogP contribution in [0, 0.1) is 5.92 Å². The van der Waals surface area contributed by atoms with Gasteiger partial charge in [0.2, 0.25) is 5.60 Å². The average molecular weight is 255 g/mol. The largest absolute Gasteiger partial charge is 0.371 e. The van der Waals surface area contributed by atoms with E-state index >= 15 is 0 Å². The fourth-order valence-corrected chi connectivity index (χ4v) is 3.31. The molecule has 3 rings (SSSR count). The fraction of sp³-hybridized carbons (Fsp3) is 0.833. The first-order valence-corrected chi connectivity index (χ1v) is 6.18. The van der Waals surface area contributed by atoms with Crippen molar-refractivity contribution in [2.75, 3.05) is 0 Å². The van der Waals surface area contributed by atoms with Gasteiger partial charge in [0.05, 0.1) is 6.42 Å². The van der Waals surface area contributed by atoms with Gasteiger partial charge in [-0.3, -0.25) is 9.59 Å². The Hall–Kier alpha value is -0.980. The van der Waals surface area contributed by atoms with Crippen LogP contribution in [0.25, 0.3) is 0 Å². The number of carbonyl (C=O) groups is 2. The van der Waals surface area contributed by atoms with Gasteiger partial charge in [0.1, 0.15) is 0 Å². The molecule has 2 bridgehead atoms. The van der Waals surface area contributed by atoms with Crippen LogP contribution in [0.15, 0.2) is 0 Å². The third kappa shape index (κ3) is 1.23. The van der Waals surface area contributed by atoms with Crippen molar-refractivity contribution >= 4 is 11.7 Å². The van der Waals surface area contributed by atoms with Crippen molar-refractivity contribution in [2.24, 2.45) is 5.92 Å². The Bertz CT molecular complexity index is 450. The summed E-state index contributed by atoms with van der Waals surface area (Å²) in [7, 11) is 0. The van der Waals surface area contributed by atoms with Crippen molar-refractivity contribution in [3.63, 3.8) is 0 Å². The molecule has 0 spiro atoms. The van der Waals surface area contributed by atoms with Gasteiger partial charge < -0.3 is 19.9 Å². The summed E-state index contributed by atoms with van der Waals surface area (Å²) in [5, 5.41) is 13.0. The zero-order chi connectivity index (χ0) is 13.3. The van der Waals surface area contributed by atoms with E-state index < -0.39 is 34.9 Å². The third-order valence-corrected chi connectivity index (χ3v) is 3.86. The van der Waals surface area contributed by atoms with E-state index in [-0.39, 0.29) is 12.3 Å². The van der Waals surface area contributed by atoms with Gasteiger partial charge in [-0.15, -0.1) is 0 Å². The van der Waals surface area contributed by atoms with E-state index in [1.807, 2.05) is 13.8 Å². The van der Waals surface area contributed by atoms with Gasteiger partial charge in [-0.25, -0.2) is 0 Å². The molecule has 1 amide bonds. The monoisotopic (exact) mass is 255 g/mol. The molecule has 2 unspecified atom stereocenters. The van der Waals surface area contributed by atoms with E-state index in [0.29, 0.717) is 6.42 Å². The van der Waals surface area contributed by atoms with Gasteiger partial charge in [0.25, 0.3) is 5.91 Å². The maximum atomic E-state index is 12.0. The highest BCUT2D eigenvalue weighted by molar-refractivity contribution is 6.13. The summed E-state index contributed by atoms with van der Waals surface area (Å²) in [6.07, 6.45) is -0.562. The van der Waals surface area contributed by atoms with Crippen molar-refractivity contribution in [1.29, 1.82) is 0 Å². The lowest BCUT2D eigenvalue weighted by molar-refractivity contribution is -0.223. The smallest absolute Gasteiger partial charge is 0.265 e. The quantitative estimate of drug-likeness (QED) is 0.661. The van der Waals surface area contributed by atoms with Crippen molar-refractivity contribution < 1.29 is 24.2 Å². The Labute approximate surface area is 105 Å². The average Bonchev–Trinajstić information content (AvgIpc) is 2.54. The number of hydrogen-bond acceptors (Lipinski definition) is 5. The predicted molar refractivity (Wildman–Crippen MR) is 59.3 cm³/mol. The molecule has 18 heavy (non-hydrogen) atoms. The molecule has 6 nitrogen and oxygen atoms in total. The number of carbonyl (C=O) groups excluding carboxylic acids is 2. The minimum Gasteiger partial charge on any atom is -0.371 e. The highest BCUT2D eigenvalue weighted by Gasteiger charge is 2.77. The topological polar surface area (TPSA) is 84.9 Å². The first-order valence-electron chi connectivity index (χ1n) is 6.18. The number of hydrogen-bond donors (Lipinski definition) is 2. The number of ketones is 1. The first-order chi connectivity index (χ1) is 8.22. The number of ether oxygens (including phenoxy) is 2. The molecule has 0 aromatic carbocycles. The van der Waals surface area contributed by atoms with E-state index in [0.717, 1.165) is 0 Å². The normalized spacial score (nSPS) is 49.9. The Kier molecular flexibility index (Phi) is 2.09. The van der Waals surface area contributed by atoms with Gasteiger partial charge in [0, 0.05) is 6.42 Å². The fourth-order valence-electron chi connectivity index (χ4n) is 3.31. The second kappa shape index (κ2) is 3.12. The molecule has 3 aliphatic rings. The van der Waals surface area contributed by atoms with Gasteiger partial charge in [-0.1, -0.05) is 13.8 Å². The second-order valence-corrected chi connectivity index (χ2v) is 6.04. The van der Waals surface area contributed by atoms with Crippen molar-refractivity contribution in [2.45, 2.75) is 56.8 Å². The molecule has 0 aromatic heterocycles. The van der Waals surface area contributed by atoms with Gasteiger partial charge in [-0.05, 0) is 12.8 Å². The second-order valence-electron chi connectivity index (χ2n) is 6.04. The lowest BCUT2D eigenvalue weighted by Gasteiger charge is -2.34. The van der Waals surface area contributed by atoms with Crippen LogP contribution in [0.3, 0.4) is 0 Å². The van der Waals surface area contributed by atoms with Gasteiger partial charge in [0.15, 0.2) is 23.4 Å². The highest BCUT2D eigenvalue weighted by Crippen LogP contribution is 2.52. The van der Waals surface area contributed by atoms with Crippen LogP contribution >= 0.6 is 0 Å². The van der Waals surface area contributed by atoms with Crippen molar-refractivity contribution in [3.05, 3.63) is 0 Å². The lowest BCUT2D eigenvalue weighted by atomic mass is 9.83. The zero-order valence-corrected chi connectivity index (χ0v) is 10.6. The molecule has 3 fully saturated rings. The summed E-state index contributed by atoms with van der Waals surface area (Å²) in [4.78, 5) is 23.9. The maximum Gasteiger partial charge on any atom is 0.265 e. The molecule has 3 saturated heterocycles. The highest BCUT2D eigenvalue weighted by atomic mass is 16.8. The summed E-state index contributed by atoms with van der Waals surface area (Å²) in [6, 6.07) is 0. The van der Waals surface area contributed by atoms with Crippen LogP contribution in [-0.4, -0.2) is 40.0 Å². The molecule has 3 heterocycles. The van der Waals surface area contributed by atoms with Crippen LogP contribution in [0.5, 0.6) is 0 Å². The number of Topliss-reactive ketones (excluding diaryl/α,β-unsaturated/α-hetero) is 1. The molecule has 0 saturated carbocycles. The molecule has 100 valence electrons. The van der Waals surface area contributed by atoms with E-state index in [9.17, 15) is 14.7 Å². The van der Waals surface area contributed by atoms with E-state index in [1.165, 1.54) is 0 Å². The minimum atomic E-state index is -2.09. The minimum absolute atomic E-state index is 0.104. The number of rotatable bonds is 2. The summed E-state index contributed by atoms with van der Waals surface area (Å²) in [5.74, 6) is -2.05. The summed E-state index contributed by atoms with van der Waals surface area (Å²) in [6.45, 7) is 5.62. The molecule has 3 aliphatic heterocycles. The summed E-state index contributed by atoms with van der Waals surface area (Å²) < 4.78 is 11.5. The number of aliphatic hydroxyl groups is 1. The van der Waals surface area contributed by atoms with Crippen LogP contribution in [-0.2, 0) is 19.1 Å². The van der Waals surface area contributed by atoms with Crippen LogP contribution in [0.4, 0.5) is 0 Å². The third-order valence-electron chi connectivity index (χ3n) is 3.86.